The molecule has 1 atom stereocenters. The summed E-state index contributed by atoms with van der Waals surface area (Å²) in [6, 6.07) is 11.0. The van der Waals surface area contributed by atoms with Gasteiger partial charge in [-0.1, -0.05) is 18.2 Å². The number of methoxy groups -OCH3 is 1. The largest absolute Gasteiger partial charge is 0.465 e. The first-order valence-corrected chi connectivity index (χ1v) is 6.07. The van der Waals surface area contributed by atoms with Gasteiger partial charge in [0, 0.05) is 4.88 Å². The lowest BCUT2D eigenvalue weighted by Crippen LogP contribution is -2.10. The Hall–Kier alpha value is -1.65. The molecule has 0 spiro atoms. The maximum Gasteiger partial charge on any atom is 0.337 e. The summed E-state index contributed by atoms with van der Waals surface area (Å²) in [6.07, 6.45) is 0. The molecule has 0 aliphatic heterocycles. The van der Waals surface area contributed by atoms with Crippen LogP contribution in [0.2, 0.25) is 0 Å². The molecule has 0 aliphatic rings. The van der Waals surface area contributed by atoms with Crippen LogP contribution in [0.3, 0.4) is 0 Å². The minimum Gasteiger partial charge on any atom is -0.465 e. The first kappa shape index (κ1) is 11.8. The second-order valence-corrected chi connectivity index (χ2v) is 4.59. The average molecular weight is 247 g/mol. The fourth-order valence-electron chi connectivity index (χ4n) is 1.58. The predicted molar refractivity (Wildman–Crippen MR) is 68.1 cm³/mol. The lowest BCUT2D eigenvalue weighted by Gasteiger charge is -2.10. The molecule has 0 aliphatic carbocycles. The molecule has 2 aromatic rings. The van der Waals surface area contributed by atoms with Crippen LogP contribution < -0.4 is 5.73 Å². The Morgan fingerprint density at radius 2 is 2.00 bits per heavy atom. The normalized spacial score (nSPS) is 12.1. The van der Waals surface area contributed by atoms with Crippen molar-refractivity contribution in [1.82, 2.24) is 0 Å². The van der Waals surface area contributed by atoms with Crippen LogP contribution in [-0.4, -0.2) is 13.1 Å². The fraction of sp³-hybridized carbons (Fsp3) is 0.154. The van der Waals surface area contributed by atoms with Crippen LogP contribution >= 0.6 is 11.3 Å². The molecular weight excluding hydrogens is 234 g/mol. The molecule has 17 heavy (non-hydrogen) atoms. The first-order valence-electron chi connectivity index (χ1n) is 5.19. The molecule has 0 fully saturated rings. The van der Waals surface area contributed by atoms with Gasteiger partial charge in [-0.3, -0.25) is 0 Å². The van der Waals surface area contributed by atoms with Gasteiger partial charge >= 0.3 is 5.97 Å². The Balaban J connectivity index is 2.21. The van der Waals surface area contributed by atoms with E-state index in [1.807, 2.05) is 29.6 Å². The molecule has 2 N–H and O–H groups in total. The van der Waals surface area contributed by atoms with Gasteiger partial charge in [-0.25, -0.2) is 4.79 Å². The third-order valence-corrected chi connectivity index (χ3v) is 3.50. The summed E-state index contributed by atoms with van der Waals surface area (Å²) in [4.78, 5) is 12.4. The van der Waals surface area contributed by atoms with E-state index in [9.17, 15) is 4.79 Å². The summed E-state index contributed by atoms with van der Waals surface area (Å²) in [5.74, 6) is -0.332. The number of esters is 1. The number of hydrogen-bond donors (Lipinski definition) is 1. The Morgan fingerprint density at radius 1 is 1.29 bits per heavy atom. The van der Waals surface area contributed by atoms with Crippen LogP contribution in [0, 0.1) is 0 Å². The SMILES string of the molecule is COC(=O)c1ccc([C@H](N)c2cccs2)cc1. The van der Waals surface area contributed by atoms with Crippen LogP contribution in [0.4, 0.5) is 0 Å². The number of carbonyl (C=O) groups excluding carboxylic acids is 1. The third kappa shape index (κ3) is 2.54. The zero-order valence-electron chi connectivity index (χ0n) is 9.42. The van der Waals surface area contributed by atoms with Crippen molar-refractivity contribution < 1.29 is 9.53 Å². The molecule has 0 bridgehead atoms. The number of rotatable bonds is 3. The van der Waals surface area contributed by atoms with Gasteiger partial charge in [0.15, 0.2) is 0 Å². The van der Waals surface area contributed by atoms with Crippen molar-refractivity contribution in [2.24, 2.45) is 5.73 Å². The maximum atomic E-state index is 11.3. The van der Waals surface area contributed by atoms with Gasteiger partial charge in [0.1, 0.15) is 0 Å². The third-order valence-electron chi connectivity index (χ3n) is 2.54. The summed E-state index contributed by atoms with van der Waals surface area (Å²) in [5.41, 5.74) is 7.64. The molecule has 4 heteroatoms. The summed E-state index contributed by atoms with van der Waals surface area (Å²) in [6.45, 7) is 0. The number of carbonyl (C=O) groups is 1. The summed E-state index contributed by atoms with van der Waals surface area (Å²) in [7, 11) is 1.37. The van der Waals surface area contributed by atoms with Crippen molar-refractivity contribution in [3.05, 3.63) is 57.8 Å². The minimum atomic E-state index is -0.332. The molecule has 1 aromatic heterocycles. The lowest BCUT2D eigenvalue weighted by atomic mass is 10.0. The van der Waals surface area contributed by atoms with Gasteiger partial charge < -0.3 is 10.5 Å². The standard InChI is InChI=1S/C13H13NO2S/c1-16-13(15)10-6-4-9(5-7-10)12(14)11-3-2-8-17-11/h2-8,12H,14H2,1H3/t12-/m0/s1. The number of hydrogen-bond acceptors (Lipinski definition) is 4. The summed E-state index contributed by atoms with van der Waals surface area (Å²) in [5, 5.41) is 2.00. The van der Waals surface area contributed by atoms with E-state index in [0.29, 0.717) is 5.56 Å². The highest BCUT2D eigenvalue weighted by atomic mass is 32.1. The molecule has 1 heterocycles. The Morgan fingerprint density at radius 3 is 2.53 bits per heavy atom. The number of ether oxygens (including phenoxy) is 1. The molecule has 0 saturated carbocycles. The van der Waals surface area contributed by atoms with Crippen molar-refractivity contribution in [3.63, 3.8) is 0 Å². The van der Waals surface area contributed by atoms with Gasteiger partial charge in [0.2, 0.25) is 0 Å². The van der Waals surface area contributed by atoms with Crippen LogP contribution in [0.5, 0.6) is 0 Å². The average Bonchev–Trinajstić information content (AvgIpc) is 2.91. The summed E-state index contributed by atoms with van der Waals surface area (Å²) < 4.78 is 4.64. The van der Waals surface area contributed by atoms with Crippen molar-refractivity contribution in [3.8, 4) is 0 Å². The highest BCUT2D eigenvalue weighted by Gasteiger charge is 2.11. The zero-order chi connectivity index (χ0) is 12.3. The predicted octanol–water partition coefficient (Wildman–Crippen LogP) is 2.58. The van der Waals surface area contributed by atoms with E-state index < -0.39 is 0 Å². The number of thiophene rings is 1. The van der Waals surface area contributed by atoms with Gasteiger partial charge in [-0.05, 0) is 29.1 Å². The minimum absolute atomic E-state index is 0.137. The van der Waals surface area contributed by atoms with Gasteiger partial charge in [-0.2, -0.15) is 0 Å². The zero-order valence-corrected chi connectivity index (χ0v) is 10.2. The topological polar surface area (TPSA) is 52.3 Å². The highest BCUT2D eigenvalue weighted by molar-refractivity contribution is 7.10. The highest BCUT2D eigenvalue weighted by Crippen LogP contribution is 2.23. The second-order valence-electron chi connectivity index (χ2n) is 3.61. The lowest BCUT2D eigenvalue weighted by molar-refractivity contribution is 0.0600. The quantitative estimate of drug-likeness (QED) is 0.848. The molecule has 1 aromatic carbocycles. The van der Waals surface area contributed by atoms with Crippen LogP contribution in [0.25, 0.3) is 0 Å². The van der Waals surface area contributed by atoms with E-state index in [1.165, 1.54) is 7.11 Å². The number of benzene rings is 1. The van der Waals surface area contributed by atoms with E-state index in [1.54, 1.807) is 23.5 Å². The van der Waals surface area contributed by atoms with Crippen molar-refractivity contribution in [1.29, 1.82) is 0 Å². The van der Waals surface area contributed by atoms with Gasteiger partial charge in [-0.15, -0.1) is 11.3 Å². The molecule has 2 rings (SSSR count). The molecule has 3 nitrogen and oxygen atoms in total. The van der Waals surface area contributed by atoms with E-state index in [-0.39, 0.29) is 12.0 Å². The van der Waals surface area contributed by atoms with E-state index >= 15 is 0 Å². The Labute approximate surface area is 104 Å². The van der Waals surface area contributed by atoms with Crippen LogP contribution in [0.15, 0.2) is 41.8 Å². The molecule has 0 amide bonds. The smallest absolute Gasteiger partial charge is 0.337 e. The van der Waals surface area contributed by atoms with E-state index in [0.717, 1.165) is 10.4 Å². The molecule has 0 saturated heterocycles. The van der Waals surface area contributed by atoms with Crippen molar-refractivity contribution in [2.75, 3.05) is 7.11 Å². The van der Waals surface area contributed by atoms with Gasteiger partial charge in [0.25, 0.3) is 0 Å². The van der Waals surface area contributed by atoms with Crippen molar-refractivity contribution >= 4 is 17.3 Å². The maximum absolute atomic E-state index is 11.3. The monoisotopic (exact) mass is 247 g/mol. The Bertz CT molecular complexity index is 491. The first-order chi connectivity index (χ1) is 8.22. The van der Waals surface area contributed by atoms with E-state index in [2.05, 4.69) is 4.74 Å². The second kappa shape index (κ2) is 5.12. The van der Waals surface area contributed by atoms with Crippen LogP contribution in [0.1, 0.15) is 26.8 Å². The molecular formula is C13H13NO2S. The summed E-state index contributed by atoms with van der Waals surface area (Å²) >= 11 is 1.62. The molecule has 88 valence electrons. The molecule has 0 unspecified atom stereocenters. The van der Waals surface area contributed by atoms with Gasteiger partial charge in [0.05, 0.1) is 18.7 Å². The van der Waals surface area contributed by atoms with Crippen molar-refractivity contribution in [2.45, 2.75) is 6.04 Å². The number of nitrogens with two attached hydrogens (primary N) is 1. The molecule has 0 radical (unpaired) electrons. The van der Waals surface area contributed by atoms with Crippen LogP contribution in [-0.2, 0) is 4.74 Å². The fourth-order valence-corrected chi connectivity index (χ4v) is 2.33. The van der Waals surface area contributed by atoms with E-state index in [4.69, 9.17) is 5.73 Å². The Kier molecular flexibility index (Phi) is 3.56.